The molecule has 292 valence electrons. The van der Waals surface area contributed by atoms with Crippen LogP contribution in [0.5, 0.6) is 0 Å². The molecule has 5 saturated heterocycles. The number of nitrogens with two attached hydrogens (primary N) is 1. The Balaban J connectivity index is 0.774. The largest absolute Gasteiger partial charge is 0.380 e. The van der Waals surface area contributed by atoms with Gasteiger partial charge in [-0.3, -0.25) is 34.2 Å². The highest BCUT2D eigenvalue weighted by atomic mass is 16.5. The van der Waals surface area contributed by atoms with Gasteiger partial charge in [0, 0.05) is 56.7 Å². The van der Waals surface area contributed by atoms with E-state index in [0.717, 1.165) is 107 Å². The first-order valence-electron chi connectivity index (χ1n) is 20.0. The van der Waals surface area contributed by atoms with Gasteiger partial charge in [0.05, 0.1) is 36.2 Å². The van der Waals surface area contributed by atoms with E-state index < -0.39 is 29.7 Å². The molecular weight excluding hydrogens is 713 g/mol. The third kappa shape index (κ3) is 6.93. The molecule has 1 spiro atoms. The molecule has 14 heteroatoms. The molecule has 2 aromatic carbocycles. The molecule has 56 heavy (non-hydrogen) atoms. The summed E-state index contributed by atoms with van der Waals surface area (Å²) in [5.74, 6) is -0.736. The number of likely N-dealkylation sites (tertiary alicyclic amines) is 1. The van der Waals surface area contributed by atoms with E-state index in [1.165, 1.54) is 12.0 Å². The van der Waals surface area contributed by atoms with Crippen molar-refractivity contribution in [2.45, 2.75) is 63.3 Å². The average molecular weight is 761 g/mol. The number of fused-ring (bicyclic) bond motifs is 1. The number of amides is 5. The summed E-state index contributed by atoms with van der Waals surface area (Å²) >= 11 is 0. The molecule has 3 aromatic rings. The fourth-order valence-corrected chi connectivity index (χ4v) is 9.72. The monoisotopic (exact) mass is 760 g/mol. The molecule has 6 aliphatic heterocycles. The van der Waals surface area contributed by atoms with E-state index >= 15 is 0 Å². The van der Waals surface area contributed by atoms with Crippen LogP contribution in [0.15, 0.2) is 48.7 Å². The first kappa shape index (κ1) is 36.4. The van der Waals surface area contributed by atoms with Crippen LogP contribution < -0.4 is 20.9 Å². The number of nitrogens with one attached hydrogen (secondary N) is 1. The number of benzene rings is 2. The van der Waals surface area contributed by atoms with E-state index in [1.807, 2.05) is 6.07 Å². The number of rotatable bonds is 9. The maximum atomic E-state index is 13.4. The lowest BCUT2D eigenvalue weighted by molar-refractivity contribution is -0.136. The van der Waals surface area contributed by atoms with E-state index in [2.05, 4.69) is 49.3 Å². The van der Waals surface area contributed by atoms with Gasteiger partial charge in [0.25, 0.3) is 17.7 Å². The Hall–Kier alpha value is -5.21. The van der Waals surface area contributed by atoms with Gasteiger partial charge in [-0.1, -0.05) is 24.3 Å². The first-order valence-corrected chi connectivity index (χ1v) is 20.0. The third-order valence-corrected chi connectivity index (χ3v) is 12.9. The van der Waals surface area contributed by atoms with Crippen molar-refractivity contribution in [3.8, 4) is 0 Å². The van der Waals surface area contributed by atoms with Crippen molar-refractivity contribution < 1.29 is 28.7 Å². The highest BCUT2D eigenvalue weighted by Gasteiger charge is 2.45. The van der Waals surface area contributed by atoms with Crippen molar-refractivity contribution in [2.24, 2.45) is 17.1 Å². The van der Waals surface area contributed by atoms with Crippen molar-refractivity contribution >= 4 is 41.0 Å². The van der Waals surface area contributed by atoms with Crippen LogP contribution in [-0.4, -0.2) is 114 Å². The van der Waals surface area contributed by atoms with E-state index in [1.54, 1.807) is 18.3 Å². The minimum Gasteiger partial charge on any atom is -0.380 e. The van der Waals surface area contributed by atoms with Crippen LogP contribution in [0.1, 0.15) is 98.9 Å². The van der Waals surface area contributed by atoms with Gasteiger partial charge in [-0.2, -0.15) is 0 Å². The first-order chi connectivity index (χ1) is 27.1. The van der Waals surface area contributed by atoms with Crippen LogP contribution >= 0.6 is 0 Å². The minimum atomic E-state index is -0.967. The molecule has 0 saturated carbocycles. The number of hydrogen-bond donors (Lipinski definition) is 2. The zero-order valence-electron chi connectivity index (χ0n) is 31.6. The Labute approximate surface area is 325 Å². The van der Waals surface area contributed by atoms with Crippen molar-refractivity contribution in [3.63, 3.8) is 0 Å². The molecule has 1 unspecified atom stereocenters. The minimum absolute atomic E-state index is 0.0969. The SMILES string of the molecule is NC(=O)c1ncc(N2CCCC3(COC3)C2)nc1Cc1ccc(C2CCN(C[C@H]3CCN(c4ccc5c(c4)C(=O)N(C4CCC(=O)NC4=O)C5=O)C3)CC2)cc1. The maximum absolute atomic E-state index is 13.4. The second kappa shape index (κ2) is 14.7. The van der Waals surface area contributed by atoms with Crippen molar-refractivity contribution in [2.75, 3.05) is 68.8 Å². The Kier molecular flexibility index (Phi) is 9.56. The predicted molar refractivity (Wildman–Crippen MR) is 206 cm³/mol. The lowest BCUT2D eigenvalue weighted by Crippen LogP contribution is -2.54. The zero-order valence-corrected chi connectivity index (χ0v) is 31.6. The van der Waals surface area contributed by atoms with Crippen molar-refractivity contribution in [3.05, 3.63) is 82.3 Å². The lowest BCUT2D eigenvalue weighted by Gasteiger charge is -2.48. The number of piperidine rings is 3. The Morgan fingerprint density at radius 2 is 1.70 bits per heavy atom. The molecule has 3 N–H and O–H groups in total. The number of nitrogens with zero attached hydrogens (tertiary/aromatic N) is 6. The standard InChI is InChI=1S/C42H48N8O6/c43-38(52)37-33(45-35(20-44-37)49-14-1-13-42(23-49)24-56-25-42)18-26-2-4-28(5-3-26)29-11-15-47(16-12-29)21-27-10-17-48(22-27)30-6-7-31-32(19-30)41(55)50(40(31)54)34-8-9-36(51)46-39(34)53/h2-7,19-20,27,29,34H,1,8-18,21-25H2,(H2,43,52)(H,46,51,53)/t27-,34?/m1/s1. The van der Waals surface area contributed by atoms with Gasteiger partial charge in [0.15, 0.2) is 0 Å². The molecule has 0 aliphatic carbocycles. The summed E-state index contributed by atoms with van der Waals surface area (Å²) in [5.41, 5.74) is 10.7. The molecule has 9 rings (SSSR count). The fourth-order valence-electron chi connectivity index (χ4n) is 9.72. The van der Waals surface area contributed by atoms with Gasteiger partial charge in [-0.15, -0.1) is 0 Å². The number of anilines is 2. The molecule has 0 bridgehead atoms. The van der Waals surface area contributed by atoms with Crippen LogP contribution in [0.4, 0.5) is 11.5 Å². The van der Waals surface area contributed by atoms with Gasteiger partial charge in [-0.05, 0) is 92.8 Å². The quantitative estimate of drug-likeness (QED) is 0.308. The van der Waals surface area contributed by atoms with Gasteiger partial charge >= 0.3 is 0 Å². The summed E-state index contributed by atoms with van der Waals surface area (Å²) in [6, 6.07) is 13.1. The molecule has 6 aliphatic rings. The number of carbonyl (C=O) groups is 5. The van der Waals surface area contributed by atoms with Gasteiger partial charge < -0.3 is 25.2 Å². The van der Waals surface area contributed by atoms with Gasteiger partial charge in [0.1, 0.15) is 17.6 Å². The normalized spacial score (nSPS) is 24.1. The van der Waals surface area contributed by atoms with Crippen LogP contribution in [0.2, 0.25) is 0 Å². The topological polar surface area (TPSA) is 171 Å². The predicted octanol–water partition coefficient (Wildman–Crippen LogP) is 2.89. The van der Waals surface area contributed by atoms with Gasteiger partial charge in [-0.25, -0.2) is 9.97 Å². The summed E-state index contributed by atoms with van der Waals surface area (Å²) in [5, 5.41) is 2.25. The summed E-state index contributed by atoms with van der Waals surface area (Å²) in [6.45, 7) is 8.21. The molecular formula is C42H48N8O6. The maximum Gasteiger partial charge on any atom is 0.269 e. The van der Waals surface area contributed by atoms with Crippen LogP contribution in [0, 0.1) is 11.3 Å². The summed E-state index contributed by atoms with van der Waals surface area (Å²) < 4.78 is 5.53. The number of aromatic nitrogens is 2. The second-order valence-electron chi connectivity index (χ2n) is 16.7. The number of primary amides is 1. The highest BCUT2D eigenvalue weighted by molar-refractivity contribution is 6.23. The van der Waals surface area contributed by atoms with Gasteiger partial charge in [0.2, 0.25) is 11.8 Å². The molecule has 5 amide bonds. The van der Waals surface area contributed by atoms with E-state index in [9.17, 15) is 24.0 Å². The Morgan fingerprint density at radius 3 is 2.43 bits per heavy atom. The van der Waals surface area contributed by atoms with E-state index in [-0.39, 0.29) is 29.9 Å². The summed E-state index contributed by atoms with van der Waals surface area (Å²) in [7, 11) is 0. The molecule has 0 radical (unpaired) electrons. The average Bonchev–Trinajstić information content (AvgIpc) is 3.76. The molecule has 7 heterocycles. The van der Waals surface area contributed by atoms with E-state index in [4.69, 9.17) is 15.5 Å². The number of ether oxygens (including phenoxy) is 1. The Morgan fingerprint density at radius 1 is 0.911 bits per heavy atom. The van der Waals surface area contributed by atoms with Crippen molar-refractivity contribution in [1.29, 1.82) is 0 Å². The van der Waals surface area contributed by atoms with E-state index in [0.29, 0.717) is 35.1 Å². The Bertz CT molecular complexity index is 2080. The second-order valence-corrected chi connectivity index (χ2v) is 16.7. The number of imide groups is 2. The molecule has 5 fully saturated rings. The highest BCUT2D eigenvalue weighted by Crippen LogP contribution is 2.39. The summed E-state index contributed by atoms with van der Waals surface area (Å²) in [4.78, 5) is 80.4. The van der Waals surface area contributed by atoms with Crippen LogP contribution in [-0.2, 0) is 20.7 Å². The molecule has 2 atom stereocenters. The molecule has 1 aromatic heterocycles. The smallest absolute Gasteiger partial charge is 0.269 e. The van der Waals surface area contributed by atoms with Crippen molar-refractivity contribution in [1.82, 2.24) is 25.1 Å². The number of hydrogen-bond acceptors (Lipinski definition) is 11. The zero-order chi connectivity index (χ0) is 38.6. The number of carbonyl (C=O) groups excluding carboxylic acids is 5. The fraction of sp³-hybridized carbons (Fsp3) is 0.500. The summed E-state index contributed by atoms with van der Waals surface area (Å²) in [6.07, 6.45) is 7.87. The van der Waals surface area contributed by atoms with Crippen LogP contribution in [0.25, 0.3) is 0 Å². The lowest BCUT2D eigenvalue weighted by atomic mass is 9.78. The van der Waals surface area contributed by atoms with Crippen LogP contribution in [0.3, 0.4) is 0 Å². The third-order valence-electron chi connectivity index (χ3n) is 12.9. The molecule has 14 nitrogen and oxygen atoms in total.